The molecule has 1 aromatic rings. The fraction of sp³-hybridized carbons (Fsp3) is 0.706. The van der Waals surface area contributed by atoms with Gasteiger partial charge in [0.1, 0.15) is 0 Å². The standard InChI is InChI=1S/C17H27N5O3/c23-16(4-9-20-10-5-18-6-11-20)21-7-1-8-22-15(13-21)12-14(19-22)2-3-17(24)25/h12,18H,1-11,13H2,(H,24,25). The number of piperazine rings is 1. The monoisotopic (exact) mass is 349 g/mol. The predicted octanol–water partition coefficient (Wildman–Crippen LogP) is -0.0721. The molecule has 0 aliphatic carbocycles. The van der Waals surface area contributed by atoms with Crippen LogP contribution in [0.25, 0.3) is 0 Å². The zero-order chi connectivity index (χ0) is 17.6. The number of nitrogens with zero attached hydrogens (tertiary/aromatic N) is 4. The molecule has 1 saturated heterocycles. The van der Waals surface area contributed by atoms with E-state index in [1.807, 2.05) is 15.6 Å². The summed E-state index contributed by atoms with van der Waals surface area (Å²) < 4.78 is 1.93. The van der Waals surface area contributed by atoms with E-state index in [0.29, 0.717) is 19.4 Å². The van der Waals surface area contributed by atoms with E-state index >= 15 is 0 Å². The molecule has 0 bridgehead atoms. The van der Waals surface area contributed by atoms with Gasteiger partial charge in [0.05, 0.1) is 24.4 Å². The zero-order valence-corrected chi connectivity index (χ0v) is 14.6. The number of carbonyl (C=O) groups excluding carboxylic acids is 1. The Morgan fingerprint density at radius 3 is 2.72 bits per heavy atom. The fourth-order valence-electron chi connectivity index (χ4n) is 3.44. The molecule has 25 heavy (non-hydrogen) atoms. The molecule has 3 heterocycles. The summed E-state index contributed by atoms with van der Waals surface area (Å²) in [4.78, 5) is 27.6. The maximum absolute atomic E-state index is 12.6. The maximum atomic E-state index is 12.6. The Hall–Kier alpha value is -1.93. The largest absolute Gasteiger partial charge is 0.481 e. The molecule has 0 spiro atoms. The first kappa shape index (κ1) is 17.9. The van der Waals surface area contributed by atoms with Crippen molar-refractivity contribution in [3.8, 4) is 0 Å². The van der Waals surface area contributed by atoms with Gasteiger partial charge in [0.2, 0.25) is 5.91 Å². The molecule has 2 N–H and O–H groups in total. The van der Waals surface area contributed by atoms with E-state index in [2.05, 4.69) is 15.3 Å². The molecule has 1 aromatic heterocycles. The number of fused-ring (bicyclic) bond motifs is 1. The smallest absolute Gasteiger partial charge is 0.303 e. The first-order chi connectivity index (χ1) is 12.1. The molecule has 8 nitrogen and oxygen atoms in total. The Labute approximate surface area is 147 Å². The number of carboxylic acids is 1. The molecule has 1 amide bonds. The van der Waals surface area contributed by atoms with Crippen molar-refractivity contribution in [2.45, 2.75) is 38.8 Å². The highest BCUT2D eigenvalue weighted by atomic mass is 16.4. The van der Waals surface area contributed by atoms with Gasteiger partial charge in [-0.1, -0.05) is 0 Å². The van der Waals surface area contributed by atoms with E-state index in [9.17, 15) is 9.59 Å². The highest BCUT2D eigenvalue weighted by Gasteiger charge is 2.21. The number of rotatable bonds is 6. The number of nitrogens with one attached hydrogen (secondary N) is 1. The molecular weight excluding hydrogens is 322 g/mol. The van der Waals surface area contributed by atoms with Gasteiger partial charge in [-0.15, -0.1) is 0 Å². The highest BCUT2D eigenvalue weighted by Crippen LogP contribution is 2.16. The van der Waals surface area contributed by atoms with Gasteiger partial charge < -0.3 is 20.2 Å². The molecule has 2 aliphatic rings. The fourth-order valence-corrected chi connectivity index (χ4v) is 3.44. The molecular formula is C17H27N5O3. The van der Waals surface area contributed by atoms with Gasteiger partial charge in [0.15, 0.2) is 0 Å². The molecule has 0 atom stereocenters. The normalized spacial score (nSPS) is 18.6. The third kappa shape index (κ3) is 5.02. The number of hydrogen-bond donors (Lipinski definition) is 2. The summed E-state index contributed by atoms with van der Waals surface area (Å²) in [5, 5.41) is 16.6. The Morgan fingerprint density at radius 2 is 1.96 bits per heavy atom. The van der Waals surface area contributed by atoms with Crippen LogP contribution in [0.3, 0.4) is 0 Å². The third-order valence-electron chi connectivity index (χ3n) is 4.86. The van der Waals surface area contributed by atoms with Crippen LogP contribution < -0.4 is 5.32 Å². The summed E-state index contributed by atoms with van der Waals surface area (Å²) in [5.41, 5.74) is 1.81. The first-order valence-corrected chi connectivity index (χ1v) is 9.10. The van der Waals surface area contributed by atoms with Crippen LogP contribution in [0.4, 0.5) is 0 Å². The van der Waals surface area contributed by atoms with Crippen molar-refractivity contribution in [1.29, 1.82) is 0 Å². The number of amides is 1. The van der Waals surface area contributed by atoms with Gasteiger partial charge in [-0.25, -0.2) is 0 Å². The quantitative estimate of drug-likeness (QED) is 0.747. The Kier molecular flexibility index (Phi) is 6.04. The molecule has 0 radical (unpaired) electrons. The highest BCUT2D eigenvalue weighted by molar-refractivity contribution is 5.76. The summed E-state index contributed by atoms with van der Waals surface area (Å²) in [6.07, 6.45) is 1.96. The van der Waals surface area contributed by atoms with Gasteiger partial charge in [-0.3, -0.25) is 14.3 Å². The van der Waals surface area contributed by atoms with E-state index in [1.165, 1.54) is 0 Å². The predicted molar refractivity (Wildman–Crippen MR) is 92.1 cm³/mol. The van der Waals surface area contributed by atoms with Gasteiger partial charge in [0.25, 0.3) is 0 Å². The van der Waals surface area contributed by atoms with Crippen LogP contribution in [-0.4, -0.2) is 75.8 Å². The molecule has 2 aliphatic heterocycles. The minimum absolute atomic E-state index is 0.0871. The average Bonchev–Trinajstić information content (AvgIpc) is 2.89. The second-order valence-electron chi connectivity index (χ2n) is 6.75. The lowest BCUT2D eigenvalue weighted by Gasteiger charge is -2.28. The molecule has 8 heteroatoms. The SMILES string of the molecule is O=C(O)CCc1cc2n(n1)CCCN(C(=O)CCN1CCNCC1)C2. The second-order valence-corrected chi connectivity index (χ2v) is 6.75. The summed E-state index contributed by atoms with van der Waals surface area (Å²) in [7, 11) is 0. The number of aryl methyl sites for hydroxylation is 2. The van der Waals surface area contributed by atoms with E-state index in [-0.39, 0.29) is 12.3 Å². The molecule has 0 aromatic carbocycles. The van der Waals surface area contributed by atoms with Crippen LogP contribution in [0, 0.1) is 0 Å². The van der Waals surface area contributed by atoms with Crippen LogP contribution >= 0.6 is 0 Å². The lowest BCUT2D eigenvalue weighted by atomic mass is 10.2. The van der Waals surface area contributed by atoms with E-state index in [1.54, 1.807) is 0 Å². The van der Waals surface area contributed by atoms with Crippen molar-refractivity contribution in [2.24, 2.45) is 0 Å². The third-order valence-corrected chi connectivity index (χ3v) is 4.86. The number of carboxylic acid groups (broad SMARTS) is 1. The average molecular weight is 349 g/mol. The number of carbonyl (C=O) groups is 2. The Balaban J connectivity index is 1.54. The Morgan fingerprint density at radius 1 is 1.16 bits per heavy atom. The van der Waals surface area contributed by atoms with Crippen LogP contribution in [-0.2, 0) is 29.1 Å². The van der Waals surface area contributed by atoms with Crippen molar-refractivity contribution in [3.63, 3.8) is 0 Å². The van der Waals surface area contributed by atoms with E-state index in [0.717, 1.165) is 63.6 Å². The van der Waals surface area contributed by atoms with Crippen molar-refractivity contribution >= 4 is 11.9 Å². The number of aromatic nitrogens is 2. The minimum Gasteiger partial charge on any atom is -0.481 e. The van der Waals surface area contributed by atoms with Crippen molar-refractivity contribution in [2.75, 3.05) is 39.3 Å². The molecule has 0 saturated carbocycles. The lowest BCUT2D eigenvalue weighted by Crippen LogP contribution is -2.45. The van der Waals surface area contributed by atoms with Crippen LogP contribution in [0.2, 0.25) is 0 Å². The Bertz CT molecular complexity index is 609. The topological polar surface area (TPSA) is 90.7 Å². The molecule has 3 rings (SSSR count). The summed E-state index contributed by atoms with van der Waals surface area (Å²) in [5.74, 6) is -0.617. The molecule has 0 unspecified atom stereocenters. The van der Waals surface area contributed by atoms with Crippen molar-refractivity contribution in [3.05, 3.63) is 17.5 Å². The van der Waals surface area contributed by atoms with E-state index in [4.69, 9.17) is 5.11 Å². The van der Waals surface area contributed by atoms with Crippen molar-refractivity contribution < 1.29 is 14.7 Å². The lowest BCUT2D eigenvalue weighted by molar-refractivity contribution is -0.137. The van der Waals surface area contributed by atoms with E-state index < -0.39 is 5.97 Å². The van der Waals surface area contributed by atoms with Crippen LogP contribution in [0.15, 0.2) is 6.07 Å². The van der Waals surface area contributed by atoms with Gasteiger partial charge in [-0.2, -0.15) is 5.10 Å². The first-order valence-electron chi connectivity index (χ1n) is 9.10. The van der Waals surface area contributed by atoms with Gasteiger partial charge >= 0.3 is 5.97 Å². The van der Waals surface area contributed by atoms with Crippen LogP contribution in [0.5, 0.6) is 0 Å². The van der Waals surface area contributed by atoms with Gasteiger partial charge in [0, 0.05) is 58.7 Å². The van der Waals surface area contributed by atoms with Crippen LogP contribution in [0.1, 0.15) is 30.7 Å². The summed E-state index contributed by atoms with van der Waals surface area (Å²) >= 11 is 0. The number of hydrogen-bond acceptors (Lipinski definition) is 5. The zero-order valence-electron chi connectivity index (χ0n) is 14.6. The molecule has 138 valence electrons. The summed E-state index contributed by atoms with van der Waals surface area (Å²) in [6, 6.07) is 1.95. The van der Waals surface area contributed by atoms with Crippen molar-refractivity contribution in [1.82, 2.24) is 24.9 Å². The maximum Gasteiger partial charge on any atom is 0.303 e. The summed E-state index contributed by atoms with van der Waals surface area (Å²) in [6.45, 7) is 6.94. The van der Waals surface area contributed by atoms with Gasteiger partial charge in [-0.05, 0) is 12.5 Å². The minimum atomic E-state index is -0.812. The number of aliphatic carboxylic acids is 1. The second kappa shape index (κ2) is 8.44. The molecule has 1 fully saturated rings.